The number of aromatic nitrogens is 3. The van der Waals surface area contributed by atoms with E-state index in [4.69, 9.17) is 43.1 Å². The molecule has 0 saturated carbocycles. The van der Waals surface area contributed by atoms with Crippen LogP contribution in [-0.4, -0.2) is 85.7 Å². The van der Waals surface area contributed by atoms with Gasteiger partial charge in [0.1, 0.15) is 5.69 Å². The van der Waals surface area contributed by atoms with Gasteiger partial charge >= 0.3 is 6.03 Å². The molecule has 3 aromatic rings. The third-order valence-corrected chi connectivity index (χ3v) is 6.93. The molecule has 40 heavy (non-hydrogen) atoms. The van der Waals surface area contributed by atoms with Crippen LogP contribution in [0.25, 0.3) is 11.3 Å². The van der Waals surface area contributed by atoms with E-state index in [2.05, 4.69) is 45.8 Å². The van der Waals surface area contributed by atoms with Crippen LogP contribution >= 0.6 is 35.6 Å². The van der Waals surface area contributed by atoms with Gasteiger partial charge in [-0.15, -0.1) is 17.5 Å². The quantitative estimate of drug-likeness (QED) is 0.264. The number of carbonyl (C=O) groups is 1. The van der Waals surface area contributed by atoms with Gasteiger partial charge in [-0.3, -0.25) is 0 Å². The molecule has 218 valence electrons. The molecule has 2 heterocycles. The smallest absolute Gasteiger partial charge is 0.312 e. The van der Waals surface area contributed by atoms with E-state index < -0.39 is 6.03 Å². The third-order valence-electron chi connectivity index (χ3n) is 6.37. The molecule has 13 heteroatoms. The minimum atomic E-state index is -0.560. The van der Waals surface area contributed by atoms with Gasteiger partial charge in [-0.1, -0.05) is 46.6 Å². The number of primary amides is 1. The molecule has 2 amide bonds. The predicted octanol–water partition coefficient (Wildman–Crippen LogP) is 3.97. The van der Waals surface area contributed by atoms with Crippen molar-refractivity contribution in [3.8, 4) is 11.3 Å². The van der Waals surface area contributed by atoms with E-state index >= 15 is 0 Å². The van der Waals surface area contributed by atoms with Crippen molar-refractivity contribution in [2.24, 2.45) is 5.73 Å². The van der Waals surface area contributed by atoms with E-state index in [1.54, 1.807) is 4.68 Å². The van der Waals surface area contributed by atoms with Crippen molar-refractivity contribution >= 4 is 41.6 Å². The molecule has 0 bridgehead atoms. The van der Waals surface area contributed by atoms with Crippen molar-refractivity contribution in [3.63, 3.8) is 0 Å². The van der Waals surface area contributed by atoms with Gasteiger partial charge < -0.3 is 30.2 Å². The van der Waals surface area contributed by atoms with Crippen LogP contribution < -0.4 is 11.1 Å². The lowest BCUT2D eigenvalue weighted by Crippen LogP contribution is -2.32. The molecular formula is C27H35Cl3N6O4. The number of ether oxygens (including phenoxy) is 3. The highest BCUT2D eigenvalue weighted by Crippen LogP contribution is 2.39. The summed E-state index contributed by atoms with van der Waals surface area (Å²) in [6.45, 7) is 5.36. The zero-order valence-electron chi connectivity index (χ0n) is 22.4. The van der Waals surface area contributed by atoms with Gasteiger partial charge in [0.05, 0.1) is 52.4 Å². The average Bonchev–Trinajstić information content (AvgIpc) is 3.38. The van der Waals surface area contributed by atoms with E-state index in [0.29, 0.717) is 62.8 Å². The van der Waals surface area contributed by atoms with Gasteiger partial charge in [0.2, 0.25) is 0 Å². The highest BCUT2D eigenvalue weighted by Gasteiger charge is 2.27. The number of urea groups is 1. The first-order chi connectivity index (χ1) is 18.9. The van der Waals surface area contributed by atoms with E-state index in [-0.39, 0.29) is 18.3 Å². The van der Waals surface area contributed by atoms with Crippen molar-refractivity contribution < 1.29 is 19.0 Å². The Hall–Kier alpha value is -2.44. The maximum atomic E-state index is 10.5. The zero-order chi connectivity index (χ0) is 27.6. The largest absolute Gasteiger partial charge is 0.377 e. The fraction of sp³-hybridized carbons (Fsp3) is 0.444. The number of amides is 2. The van der Waals surface area contributed by atoms with Crippen molar-refractivity contribution in [1.29, 1.82) is 0 Å². The second-order valence-electron chi connectivity index (χ2n) is 9.33. The first kappa shape index (κ1) is 32.1. The van der Waals surface area contributed by atoms with Gasteiger partial charge in [0.25, 0.3) is 0 Å². The van der Waals surface area contributed by atoms with Crippen LogP contribution in [0.15, 0.2) is 42.6 Å². The molecule has 10 nitrogen and oxygen atoms in total. The second kappa shape index (κ2) is 16.1. The van der Waals surface area contributed by atoms with Gasteiger partial charge in [0, 0.05) is 41.2 Å². The SMILES string of the molecule is CN1Cc2c(Cl)cc(Cl)cc2[C@H](c2cccc(-c3cn(CCOCCOCCOCCNC(N)=O)nn3)c2)C1.Cl. The molecule has 2 aromatic carbocycles. The maximum absolute atomic E-state index is 10.5. The number of nitrogens with one attached hydrogen (secondary N) is 1. The monoisotopic (exact) mass is 612 g/mol. The van der Waals surface area contributed by atoms with Crippen LogP contribution in [0, 0.1) is 0 Å². The lowest BCUT2D eigenvalue weighted by Gasteiger charge is -2.33. The van der Waals surface area contributed by atoms with Crippen LogP contribution in [0.2, 0.25) is 10.0 Å². The van der Waals surface area contributed by atoms with Crippen molar-refractivity contribution in [2.75, 3.05) is 59.8 Å². The predicted molar refractivity (Wildman–Crippen MR) is 157 cm³/mol. The second-order valence-corrected chi connectivity index (χ2v) is 10.2. The Bertz CT molecular complexity index is 1240. The minimum absolute atomic E-state index is 0. The fourth-order valence-corrected chi connectivity index (χ4v) is 5.10. The molecular weight excluding hydrogens is 579 g/mol. The van der Waals surface area contributed by atoms with E-state index in [0.717, 1.165) is 29.9 Å². The number of nitrogens with zero attached hydrogens (tertiary/aromatic N) is 4. The van der Waals surface area contributed by atoms with Gasteiger partial charge in [-0.05, 0) is 41.9 Å². The summed E-state index contributed by atoms with van der Waals surface area (Å²) >= 11 is 12.9. The Morgan fingerprint density at radius 1 is 1.07 bits per heavy atom. The molecule has 1 aliphatic rings. The summed E-state index contributed by atoms with van der Waals surface area (Å²) < 4.78 is 18.2. The molecule has 0 fully saturated rings. The first-order valence-electron chi connectivity index (χ1n) is 12.8. The summed E-state index contributed by atoms with van der Waals surface area (Å²) in [5.74, 6) is 0.158. The molecule has 1 aliphatic heterocycles. The number of nitrogens with two attached hydrogens (primary N) is 1. The molecule has 0 saturated heterocycles. The summed E-state index contributed by atoms with van der Waals surface area (Å²) in [6.07, 6.45) is 1.93. The summed E-state index contributed by atoms with van der Waals surface area (Å²) in [4.78, 5) is 12.8. The number of benzene rings is 2. The summed E-state index contributed by atoms with van der Waals surface area (Å²) in [6, 6.07) is 11.7. The molecule has 4 rings (SSSR count). The molecule has 0 radical (unpaired) electrons. The van der Waals surface area contributed by atoms with Crippen LogP contribution in [0.3, 0.4) is 0 Å². The van der Waals surface area contributed by atoms with Crippen molar-refractivity contribution in [2.45, 2.75) is 19.0 Å². The molecule has 3 N–H and O–H groups in total. The third kappa shape index (κ3) is 9.31. The van der Waals surface area contributed by atoms with Crippen molar-refractivity contribution in [3.05, 3.63) is 69.3 Å². The number of fused-ring (bicyclic) bond motifs is 1. The topological polar surface area (TPSA) is 117 Å². The first-order valence-corrected chi connectivity index (χ1v) is 13.6. The molecule has 1 atom stereocenters. The van der Waals surface area contributed by atoms with E-state index in [9.17, 15) is 4.79 Å². The summed E-state index contributed by atoms with van der Waals surface area (Å²) in [5.41, 5.74) is 10.3. The molecule has 0 aliphatic carbocycles. The normalized spacial score (nSPS) is 14.9. The highest BCUT2D eigenvalue weighted by atomic mass is 35.5. The number of halogens is 3. The molecule has 1 aromatic heterocycles. The Morgan fingerprint density at radius 2 is 1.80 bits per heavy atom. The number of hydrogen-bond donors (Lipinski definition) is 2. The van der Waals surface area contributed by atoms with E-state index in [1.807, 2.05) is 24.4 Å². The van der Waals surface area contributed by atoms with Gasteiger partial charge in [-0.2, -0.15) is 0 Å². The van der Waals surface area contributed by atoms with Crippen LogP contribution in [-0.2, 0) is 27.3 Å². The van der Waals surface area contributed by atoms with Crippen LogP contribution in [0.5, 0.6) is 0 Å². The van der Waals surface area contributed by atoms with E-state index in [1.165, 1.54) is 11.1 Å². The van der Waals surface area contributed by atoms with Crippen molar-refractivity contribution in [1.82, 2.24) is 25.2 Å². The highest BCUT2D eigenvalue weighted by molar-refractivity contribution is 6.35. The number of rotatable bonds is 14. The summed E-state index contributed by atoms with van der Waals surface area (Å²) in [5, 5.41) is 12.5. The van der Waals surface area contributed by atoms with Gasteiger partial charge in [-0.25, -0.2) is 9.48 Å². The molecule has 0 spiro atoms. The minimum Gasteiger partial charge on any atom is -0.377 e. The Balaban J connectivity index is 0.00000441. The molecule has 0 unspecified atom stereocenters. The lowest BCUT2D eigenvalue weighted by atomic mass is 9.84. The Labute approximate surface area is 250 Å². The average molecular weight is 614 g/mol. The standard InChI is InChI=1S/C27H34Cl2N6O4.ClH/c1-34-16-23(22-14-21(28)15-25(29)24(22)17-34)19-3-2-4-20(13-19)26-18-35(33-32-26)6-8-38-10-12-39-11-9-37-7-5-31-27(30)36;/h2-4,13-15,18,23H,5-12,16-17H2,1H3,(H3,30,31,36);1H/t23-;/m0./s1. The summed E-state index contributed by atoms with van der Waals surface area (Å²) in [7, 11) is 2.11. The number of carbonyl (C=O) groups excluding carboxylic acids is 1. The van der Waals surface area contributed by atoms with Gasteiger partial charge in [0.15, 0.2) is 0 Å². The van der Waals surface area contributed by atoms with Crippen LogP contribution in [0.1, 0.15) is 22.6 Å². The number of hydrogen-bond acceptors (Lipinski definition) is 7. The Morgan fingerprint density at radius 3 is 2.55 bits per heavy atom. The fourth-order valence-electron chi connectivity index (χ4n) is 4.53. The zero-order valence-corrected chi connectivity index (χ0v) is 24.7. The maximum Gasteiger partial charge on any atom is 0.312 e. The number of likely N-dealkylation sites (N-methyl/N-ethyl adjacent to an activating group) is 1. The Kier molecular flexibility index (Phi) is 12.9. The van der Waals surface area contributed by atoms with Crippen LogP contribution in [0.4, 0.5) is 4.79 Å². The lowest BCUT2D eigenvalue weighted by molar-refractivity contribution is 0.0135.